The summed E-state index contributed by atoms with van der Waals surface area (Å²) in [5.41, 5.74) is 0. The van der Waals surface area contributed by atoms with Gasteiger partial charge in [-0.25, -0.2) is 0 Å². The van der Waals surface area contributed by atoms with Gasteiger partial charge in [0.2, 0.25) is 23.6 Å². The molecule has 0 bridgehead atoms. The normalized spacial score (nSPS) is 26.9. The van der Waals surface area contributed by atoms with Gasteiger partial charge in [0.15, 0.2) is 0 Å². The third kappa shape index (κ3) is 6.78. The van der Waals surface area contributed by atoms with E-state index in [-0.39, 0.29) is 35.5 Å². The van der Waals surface area contributed by atoms with Gasteiger partial charge < -0.3 is 10.2 Å². The van der Waals surface area contributed by atoms with E-state index < -0.39 is 0 Å². The summed E-state index contributed by atoms with van der Waals surface area (Å²) in [6.07, 6.45) is 10.7. The summed E-state index contributed by atoms with van der Waals surface area (Å²) in [4.78, 5) is 52.1. The monoisotopic (exact) mass is 433 g/mol. The van der Waals surface area contributed by atoms with Crippen molar-refractivity contribution < 1.29 is 19.2 Å². The molecule has 7 heteroatoms. The Labute approximate surface area is 186 Å². The number of carbonyl (C=O) groups is 4. The fourth-order valence-corrected chi connectivity index (χ4v) is 5.14. The van der Waals surface area contributed by atoms with E-state index in [0.717, 1.165) is 70.9 Å². The average molecular weight is 434 g/mol. The van der Waals surface area contributed by atoms with Crippen LogP contribution >= 0.6 is 0 Å². The second-order valence-corrected chi connectivity index (χ2v) is 9.71. The lowest BCUT2D eigenvalue weighted by Crippen LogP contribution is -2.38. The predicted molar refractivity (Wildman–Crippen MR) is 118 cm³/mol. The Kier molecular flexibility index (Phi) is 8.90. The zero-order valence-corrected chi connectivity index (χ0v) is 19.1. The molecule has 174 valence electrons. The van der Waals surface area contributed by atoms with Crippen molar-refractivity contribution >= 4 is 23.6 Å². The Morgan fingerprint density at radius 2 is 1.68 bits per heavy atom. The first kappa shape index (κ1) is 23.7. The number of amides is 4. The molecular formula is C24H39N3O4. The summed E-state index contributed by atoms with van der Waals surface area (Å²) >= 11 is 0. The van der Waals surface area contributed by atoms with Crippen LogP contribution < -0.4 is 5.32 Å². The van der Waals surface area contributed by atoms with Gasteiger partial charge in [0.25, 0.3) is 0 Å². The van der Waals surface area contributed by atoms with Crippen molar-refractivity contribution in [3.63, 3.8) is 0 Å². The summed E-state index contributed by atoms with van der Waals surface area (Å²) in [5, 5.41) is 3.06. The van der Waals surface area contributed by atoms with E-state index in [9.17, 15) is 19.2 Å². The third-order valence-corrected chi connectivity index (χ3v) is 7.20. The molecule has 3 fully saturated rings. The molecular weight excluding hydrogens is 394 g/mol. The molecule has 4 amide bonds. The quantitative estimate of drug-likeness (QED) is 0.447. The minimum absolute atomic E-state index is 0.0394. The van der Waals surface area contributed by atoms with E-state index in [0.29, 0.717) is 31.8 Å². The highest BCUT2D eigenvalue weighted by atomic mass is 16.2. The van der Waals surface area contributed by atoms with E-state index in [1.807, 2.05) is 11.8 Å². The molecule has 7 nitrogen and oxygen atoms in total. The predicted octanol–water partition coefficient (Wildman–Crippen LogP) is 2.88. The van der Waals surface area contributed by atoms with Crippen molar-refractivity contribution in [2.75, 3.05) is 26.2 Å². The van der Waals surface area contributed by atoms with Gasteiger partial charge >= 0.3 is 0 Å². The van der Waals surface area contributed by atoms with Crippen molar-refractivity contribution in [2.45, 2.75) is 84.0 Å². The van der Waals surface area contributed by atoms with Gasteiger partial charge in [0.1, 0.15) is 0 Å². The summed E-state index contributed by atoms with van der Waals surface area (Å²) in [6.45, 7) is 4.84. The van der Waals surface area contributed by atoms with Crippen LogP contribution in [0.15, 0.2) is 0 Å². The molecule has 0 aromatic carbocycles. The number of hydrogen-bond acceptors (Lipinski definition) is 4. The summed E-state index contributed by atoms with van der Waals surface area (Å²) in [6, 6.07) is 0. The molecule has 1 aliphatic carbocycles. The van der Waals surface area contributed by atoms with E-state index in [1.54, 1.807) is 0 Å². The first-order valence-electron chi connectivity index (χ1n) is 12.4. The van der Waals surface area contributed by atoms with Crippen LogP contribution in [0.2, 0.25) is 0 Å². The molecule has 3 aliphatic rings. The van der Waals surface area contributed by atoms with Crippen LogP contribution in [0.1, 0.15) is 84.0 Å². The number of likely N-dealkylation sites (tertiary alicyclic amines) is 2. The van der Waals surface area contributed by atoms with Crippen LogP contribution in [0.25, 0.3) is 0 Å². The van der Waals surface area contributed by atoms with Crippen LogP contribution in [0.4, 0.5) is 0 Å². The highest BCUT2D eigenvalue weighted by Crippen LogP contribution is 2.31. The zero-order chi connectivity index (χ0) is 22.2. The number of unbranched alkanes of at least 4 members (excludes halogenated alkanes) is 2. The van der Waals surface area contributed by atoms with E-state index in [1.165, 1.54) is 11.3 Å². The second kappa shape index (κ2) is 11.6. The zero-order valence-electron chi connectivity index (χ0n) is 19.1. The van der Waals surface area contributed by atoms with Crippen LogP contribution in [0.5, 0.6) is 0 Å². The van der Waals surface area contributed by atoms with Crippen molar-refractivity contribution in [3.05, 3.63) is 0 Å². The number of nitrogens with one attached hydrogen (secondary N) is 1. The molecule has 1 saturated carbocycles. The number of imide groups is 1. The van der Waals surface area contributed by atoms with Crippen molar-refractivity contribution in [1.29, 1.82) is 0 Å². The second-order valence-electron chi connectivity index (χ2n) is 9.71. The Bertz CT molecular complexity index is 651. The molecule has 2 aliphatic heterocycles. The lowest BCUT2D eigenvalue weighted by molar-refractivity contribution is -0.140. The minimum atomic E-state index is -0.183. The topological polar surface area (TPSA) is 86.8 Å². The molecule has 0 aromatic rings. The Hall–Kier alpha value is -1.92. The number of piperidine rings is 1. The summed E-state index contributed by atoms with van der Waals surface area (Å²) < 4.78 is 0. The minimum Gasteiger partial charge on any atom is -0.356 e. The maximum absolute atomic E-state index is 12.5. The Balaban J connectivity index is 1.24. The van der Waals surface area contributed by atoms with Crippen LogP contribution in [0.3, 0.4) is 0 Å². The van der Waals surface area contributed by atoms with Gasteiger partial charge in [-0.2, -0.15) is 0 Å². The SMILES string of the molecule is CC1CC(=O)N(CC2CCC(C(=O)NCCCCCC(=O)N3CCCCC3)CC2)C1=O. The van der Waals surface area contributed by atoms with Crippen molar-refractivity contribution in [3.8, 4) is 0 Å². The lowest BCUT2D eigenvalue weighted by Gasteiger charge is -2.30. The Morgan fingerprint density at radius 1 is 0.968 bits per heavy atom. The van der Waals surface area contributed by atoms with Crippen molar-refractivity contribution in [2.24, 2.45) is 17.8 Å². The third-order valence-electron chi connectivity index (χ3n) is 7.20. The highest BCUT2D eigenvalue weighted by molar-refractivity contribution is 6.03. The number of nitrogens with zero attached hydrogens (tertiary/aromatic N) is 2. The van der Waals surface area contributed by atoms with E-state index >= 15 is 0 Å². The highest BCUT2D eigenvalue weighted by Gasteiger charge is 2.37. The molecule has 0 spiro atoms. The summed E-state index contributed by atoms with van der Waals surface area (Å²) in [7, 11) is 0. The lowest BCUT2D eigenvalue weighted by atomic mass is 9.81. The van der Waals surface area contributed by atoms with Gasteiger partial charge in [-0.15, -0.1) is 0 Å². The molecule has 2 heterocycles. The van der Waals surface area contributed by atoms with E-state index in [4.69, 9.17) is 0 Å². The van der Waals surface area contributed by atoms with Crippen LogP contribution in [-0.2, 0) is 19.2 Å². The number of hydrogen-bond donors (Lipinski definition) is 1. The fourth-order valence-electron chi connectivity index (χ4n) is 5.14. The standard InChI is InChI=1S/C24H39N3O4/c1-18-16-22(29)27(24(18)31)17-19-9-11-20(12-10-19)23(30)25-13-5-2-4-8-21(28)26-14-6-3-7-15-26/h18-20H,2-17H2,1H3,(H,25,30). The molecule has 2 saturated heterocycles. The fraction of sp³-hybridized carbons (Fsp3) is 0.833. The van der Waals surface area contributed by atoms with Crippen molar-refractivity contribution in [1.82, 2.24) is 15.1 Å². The first-order valence-corrected chi connectivity index (χ1v) is 12.4. The van der Waals surface area contributed by atoms with Gasteiger partial charge in [-0.1, -0.05) is 13.3 Å². The average Bonchev–Trinajstić information content (AvgIpc) is 3.02. The molecule has 1 atom stereocenters. The largest absolute Gasteiger partial charge is 0.356 e. The smallest absolute Gasteiger partial charge is 0.232 e. The molecule has 1 N–H and O–H groups in total. The molecule has 1 unspecified atom stereocenters. The number of carbonyl (C=O) groups excluding carboxylic acids is 4. The van der Waals surface area contributed by atoms with Crippen LogP contribution in [0, 0.1) is 17.8 Å². The molecule has 0 radical (unpaired) electrons. The molecule has 31 heavy (non-hydrogen) atoms. The molecule has 3 rings (SSSR count). The number of rotatable bonds is 9. The van der Waals surface area contributed by atoms with Gasteiger partial charge in [-0.3, -0.25) is 24.1 Å². The van der Waals surface area contributed by atoms with Gasteiger partial charge in [-0.05, 0) is 63.7 Å². The Morgan fingerprint density at radius 3 is 2.32 bits per heavy atom. The van der Waals surface area contributed by atoms with Gasteiger partial charge in [0, 0.05) is 50.9 Å². The molecule has 0 aromatic heterocycles. The van der Waals surface area contributed by atoms with Crippen LogP contribution in [-0.4, -0.2) is 59.6 Å². The van der Waals surface area contributed by atoms with Gasteiger partial charge in [0.05, 0.1) is 0 Å². The van der Waals surface area contributed by atoms with E-state index in [2.05, 4.69) is 5.32 Å². The maximum Gasteiger partial charge on any atom is 0.232 e. The summed E-state index contributed by atoms with van der Waals surface area (Å²) in [5.74, 6) is 0.507. The maximum atomic E-state index is 12.5. The first-order chi connectivity index (χ1) is 15.0.